The number of hydrogen-bond acceptors (Lipinski definition) is 2. The number of fused-ring (bicyclic) bond motifs is 1. The maximum absolute atomic E-state index is 5.27. The van der Waals surface area contributed by atoms with Crippen LogP contribution in [0.25, 0.3) is 11.0 Å². The molecule has 0 aromatic carbocycles. The Labute approximate surface area is 92.3 Å². The van der Waals surface area contributed by atoms with Crippen molar-refractivity contribution in [3.8, 4) is 0 Å². The molecule has 2 aromatic heterocycles. The molecular weight excluding hydrogens is 186 g/mol. The van der Waals surface area contributed by atoms with Crippen molar-refractivity contribution >= 4 is 11.0 Å². The monoisotopic (exact) mass is 207 g/mol. The Hall–Kier alpha value is -1.31. The van der Waals surface area contributed by atoms with E-state index in [4.69, 9.17) is 4.42 Å². The topological polar surface area (TPSA) is 26.0 Å². The SMILES string of the molecule is CC.CC.Cc1cnc(C)c2occc12. The summed E-state index contributed by atoms with van der Waals surface area (Å²) < 4.78 is 5.27. The Morgan fingerprint density at radius 2 is 1.67 bits per heavy atom. The molecule has 0 aliphatic rings. The quantitative estimate of drug-likeness (QED) is 0.635. The van der Waals surface area contributed by atoms with Gasteiger partial charge in [0.2, 0.25) is 0 Å². The van der Waals surface area contributed by atoms with Gasteiger partial charge in [0.15, 0.2) is 5.58 Å². The molecule has 84 valence electrons. The number of nitrogens with zero attached hydrogens (tertiary/aromatic N) is 1. The average molecular weight is 207 g/mol. The first kappa shape index (κ1) is 13.7. The summed E-state index contributed by atoms with van der Waals surface area (Å²) in [5, 5.41) is 1.16. The standard InChI is InChI=1S/C9H9NO.2C2H6/c1-6-5-10-7(2)9-8(6)3-4-11-9;2*1-2/h3-5H,1-2H3;2*1-2H3. The van der Waals surface area contributed by atoms with Crippen molar-refractivity contribution in [2.45, 2.75) is 41.5 Å². The summed E-state index contributed by atoms with van der Waals surface area (Å²) in [4.78, 5) is 4.19. The summed E-state index contributed by atoms with van der Waals surface area (Å²) in [5.74, 6) is 0. The van der Waals surface area contributed by atoms with E-state index in [-0.39, 0.29) is 0 Å². The summed E-state index contributed by atoms with van der Waals surface area (Å²) >= 11 is 0. The minimum atomic E-state index is 0.907. The molecule has 15 heavy (non-hydrogen) atoms. The molecule has 0 aliphatic heterocycles. The van der Waals surface area contributed by atoms with Crippen LogP contribution in [-0.2, 0) is 0 Å². The van der Waals surface area contributed by atoms with Gasteiger partial charge >= 0.3 is 0 Å². The summed E-state index contributed by atoms with van der Waals surface area (Å²) in [5.41, 5.74) is 3.03. The fraction of sp³-hybridized carbons (Fsp3) is 0.462. The lowest BCUT2D eigenvalue weighted by Crippen LogP contribution is -1.82. The third kappa shape index (κ3) is 3.08. The van der Waals surface area contributed by atoms with Crippen LogP contribution in [-0.4, -0.2) is 4.98 Å². The third-order valence-corrected chi connectivity index (χ3v) is 1.87. The van der Waals surface area contributed by atoms with E-state index in [0.717, 1.165) is 16.7 Å². The number of hydrogen-bond donors (Lipinski definition) is 0. The number of pyridine rings is 1. The lowest BCUT2D eigenvalue weighted by atomic mass is 10.2. The fourth-order valence-electron chi connectivity index (χ4n) is 1.22. The summed E-state index contributed by atoms with van der Waals surface area (Å²) in [6.45, 7) is 12.0. The van der Waals surface area contributed by atoms with Gasteiger partial charge in [-0.2, -0.15) is 0 Å². The van der Waals surface area contributed by atoms with Crippen LogP contribution in [0.5, 0.6) is 0 Å². The van der Waals surface area contributed by atoms with E-state index in [2.05, 4.69) is 4.98 Å². The Kier molecular flexibility index (Phi) is 6.43. The van der Waals surface area contributed by atoms with Crippen LogP contribution < -0.4 is 0 Å². The molecule has 0 fully saturated rings. The predicted octanol–water partition coefficient (Wildman–Crippen LogP) is 4.50. The smallest absolute Gasteiger partial charge is 0.155 e. The Balaban J connectivity index is 0.000000442. The van der Waals surface area contributed by atoms with Gasteiger partial charge in [-0.15, -0.1) is 0 Å². The molecule has 0 amide bonds. The number of rotatable bonds is 0. The van der Waals surface area contributed by atoms with E-state index in [1.54, 1.807) is 6.26 Å². The van der Waals surface area contributed by atoms with Crippen LogP contribution in [0, 0.1) is 13.8 Å². The van der Waals surface area contributed by atoms with Crippen molar-refractivity contribution in [1.29, 1.82) is 0 Å². The highest BCUT2D eigenvalue weighted by atomic mass is 16.3. The molecule has 0 aliphatic carbocycles. The Morgan fingerprint density at radius 1 is 1.07 bits per heavy atom. The van der Waals surface area contributed by atoms with E-state index in [9.17, 15) is 0 Å². The molecule has 2 aromatic rings. The molecule has 0 saturated carbocycles. The van der Waals surface area contributed by atoms with Gasteiger partial charge in [-0.05, 0) is 25.5 Å². The van der Waals surface area contributed by atoms with Gasteiger partial charge in [0.1, 0.15) is 0 Å². The van der Waals surface area contributed by atoms with Crippen molar-refractivity contribution in [1.82, 2.24) is 4.98 Å². The Morgan fingerprint density at radius 3 is 2.20 bits per heavy atom. The van der Waals surface area contributed by atoms with Gasteiger partial charge in [0.25, 0.3) is 0 Å². The minimum absolute atomic E-state index is 0.907. The van der Waals surface area contributed by atoms with E-state index in [1.807, 2.05) is 53.8 Å². The van der Waals surface area contributed by atoms with E-state index < -0.39 is 0 Å². The zero-order chi connectivity index (χ0) is 11.8. The number of aryl methyl sites for hydroxylation is 2. The van der Waals surface area contributed by atoms with Crippen molar-refractivity contribution in [3.63, 3.8) is 0 Å². The normalized spacial score (nSPS) is 8.67. The van der Waals surface area contributed by atoms with E-state index in [1.165, 1.54) is 5.56 Å². The first-order valence-electron chi connectivity index (χ1n) is 5.58. The van der Waals surface area contributed by atoms with E-state index in [0.29, 0.717) is 0 Å². The molecule has 2 heteroatoms. The summed E-state index contributed by atoms with van der Waals surface area (Å²) in [7, 11) is 0. The van der Waals surface area contributed by atoms with Crippen molar-refractivity contribution in [3.05, 3.63) is 29.8 Å². The molecule has 0 unspecified atom stereocenters. The second-order valence-electron chi connectivity index (χ2n) is 2.69. The van der Waals surface area contributed by atoms with Crippen LogP contribution >= 0.6 is 0 Å². The molecule has 2 rings (SSSR count). The van der Waals surface area contributed by atoms with Gasteiger partial charge < -0.3 is 4.42 Å². The second-order valence-corrected chi connectivity index (χ2v) is 2.69. The molecule has 0 N–H and O–H groups in total. The Bertz CT molecular complexity index is 354. The molecule has 0 spiro atoms. The maximum Gasteiger partial charge on any atom is 0.155 e. The molecular formula is C13H21NO. The van der Waals surface area contributed by atoms with Gasteiger partial charge in [-0.25, -0.2) is 0 Å². The number of aromatic nitrogens is 1. The van der Waals surface area contributed by atoms with E-state index >= 15 is 0 Å². The van der Waals surface area contributed by atoms with Crippen LogP contribution in [0.3, 0.4) is 0 Å². The predicted molar refractivity (Wildman–Crippen MR) is 66.2 cm³/mol. The molecule has 0 atom stereocenters. The molecule has 0 saturated heterocycles. The highest BCUT2D eigenvalue weighted by Crippen LogP contribution is 2.20. The lowest BCUT2D eigenvalue weighted by molar-refractivity contribution is 0.611. The molecule has 0 radical (unpaired) electrons. The van der Waals surface area contributed by atoms with Crippen molar-refractivity contribution in [2.24, 2.45) is 0 Å². The first-order chi connectivity index (χ1) is 7.29. The molecule has 2 nitrogen and oxygen atoms in total. The zero-order valence-corrected chi connectivity index (χ0v) is 10.6. The van der Waals surface area contributed by atoms with Gasteiger partial charge in [0.05, 0.1) is 12.0 Å². The third-order valence-electron chi connectivity index (χ3n) is 1.87. The van der Waals surface area contributed by atoms with Crippen molar-refractivity contribution < 1.29 is 4.42 Å². The largest absolute Gasteiger partial charge is 0.462 e. The number of furan rings is 1. The van der Waals surface area contributed by atoms with Crippen LogP contribution in [0.2, 0.25) is 0 Å². The molecule has 2 heterocycles. The van der Waals surface area contributed by atoms with Crippen LogP contribution in [0.1, 0.15) is 39.0 Å². The highest BCUT2D eigenvalue weighted by Gasteiger charge is 2.02. The highest BCUT2D eigenvalue weighted by molar-refractivity contribution is 5.81. The summed E-state index contributed by atoms with van der Waals surface area (Å²) in [6.07, 6.45) is 3.57. The van der Waals surface area contributed by atoms with Crippen LogP contribution in [0.4, 0.5) is 0 Å². The van der Waals surface area contributed by atoms with Gasteiger partial charge in [-0.3, -0.25) is 4.98 Å². The summed E-state index contributed by atoms with van der Waals surface area (Å²) in [6, 6.07) is 1.97. The second kappa shape index (κ2) is 7.04. The van der Waals surface area contributed by atoms with Gasteiger partial charge in [0, 0.05) is 11.6 Å². The first-order valence-corrected chi connectivity index (χ1v) is 5.58. The maximum atomic E-state index is 5.27. The molecule has 0 bridgehead atoms. The van der Waals surface area contributed by atoms with Gasteiger partial charge in [-0.1, -0.05) is 27.7 Å². The van der Waals surface area contributed by atoms with Crippen LogP contribution in [0.15, 0.2) is 22.9 Å². The minimum Gasteiger partial charge on any atom is -0.462 e. The lowest BCUT2D eigenvalue weighted by Gasteiger charge is -1.95. The van der Waals surface area contributed by atoms with Crippen molar-refractivity contribution in [2.75, 3.05) is 0 Å². The average Bonchev–Trinajstić information content (AvgIpc) is 2.79. The zero-order valence-electron chi connectivity index (χ0n) is 10.6. The fourth-order valence-corrected chi connectivity index (χ4v) is 1.22.